The highest BCUT2D eigenvalue weighted by Gasteiger charge is 2.15. The van der Waals surface area contributed by atoms with Crippen LogP contribution in [0.5, 0.6) is 5.75 Å². The van der Waals surface area contributed by atoms with E-state index < -0.39 is 0 Å². The molecular formula is C14H10FN3O2. The van der Waals surface area contributed by atoms with E-state index in [-0.39, 0.29) is 29.0 Å². The predicted octanol–water partition coefficient (Wildman–Crippen LogP) is 2.95. The first-order valence-corrected chi connectivity index (χ1v) is 5.89. The average molecular weight is 271 g/mol. The summed E-state index contributed by atoms with van der Waals surface area (Å²) in [7, 11) is 0. The largest absolute Gasteiger partial charge is 0.505 e. The molecule has 0 unspecified atom stereocenters. The quantitative estimate of drug-likeness (QED) is 0.775. The van der Waals surface area contributed by atoms with Crippen LogP contribution in [-0.2, 0) is 0 Å². The number of halogens is 1. The summed E-state index contributed by atoms with van der Waals surface area (Å²) in [5.41, 5.74) is 1.46. The van der Waals surface area contributed by atoms with Crippen LogP contribution in [0.3, 0.4) is 0 Å². The molecule has 3 aromatic rings. The van der Waals surface area contributed by atoms with E-state index in [2.05, 4.69) is 15.1 Å². The summed E-state index contributed by atoms with van der Waals surface area (Å²) in [5, 5.41) is 13.5. The first kappa shape index (κ1) is 12.3. The van der Waals surface area contributed by atoms with Crippen molar-refractivity contribution in [2.24, 2.45) is 0 Å². The number of aryl methyl sites for hydroxylation is 1. The molecule has 1 aromatic carbocycles. The van der Waals surface area contributed by atoms with Crippen LogP contribution in [0.1, 0.15) is 5.56 Å². The van der Waals surface area contributed by atoms with E-state index in [1.165, 1.54) is 24.4 Å². The third-order valence-electron chi connectivity index (χ3n) is 2.72. The molecular weight excluding hydrogens is 261 g/mol. The second-order valence-electron chi connectivity index (χ2n) is 4.31. The summed E-state index contributed by atoms with van der Waals surface area (Å²) in [6, 6.07) is 7.54. The summed E-state index contributed by atoms with van der Waals surface area (Å²) in [5.74, 6) is -0.0992. The van der Waals surface area contributed by atoms with Gasteiger partial charge in [0.15, 0.2) is 5.69 Å². The zero-order valence-electron chi connectivity index (χ0n) is 10.5. The molecule has 5 nitrogen and oxygen atoms in total. The molecule has 6 heteroatoms. The molecule has 0 bridgehead atoms. The summed E-state index contributed by atoms with van der Waals surface area (Å²) < 4.78 is 18.4. The molecule has 100 valence electrons. The molecule has 0 aliphatic rings. The van der Waals surface area contributed by atoms with Crippen molar-refractivity contribution in [3.05, 3.63) is 47.9 Å². The van der Waals surface area contributed by atoms with Crippen molar-refractivity contribution in [2.75, 3.05) is 0 Å². The second-order valence-corrected chi connectivity index (χ2v) is 4.31. The van der Waals surface area contributed by atoms with Gasteiger partial charge in [0.2, 0.25) is 5.82 Å². The Morgan fingerprint density at radius 1 is 1.25 bits per heavy atom. The van der Waals surface area contributed by atoms with Crippen LogP contribution in [-0.4, -0.2) is 20.2 Å². The SMILES string of the molecule is Cc1cc(F)cc(-c2noc(-c3ncccc3O)n2)c1. The third kappa shape index (κ3) is 2.23. The van der Waals surface area contributed by atoms with E-state index in [0.29, 0.717) is 5.56 Å². The number of rotatable bonds is 2. The molecule has 0 saturated carbocycles. The predicted molar refractivity (Wildman–Crippen MR) is 69.3 cm³/mol. The lowest BCUT2D eigenvalue weighted by molar-refractivity contribution is 0.423. The lowest BCUT2D eigenvalue weighted by Crippen LogP contribution is -1.86. The highest BCUT2D eigenvalue weighted by molar-refractivity contribution is 5.61. The Kier molecular flexibility index (Phi) is 2.90. The van der Waals surface area contributed by atoms with Crippen LogP contribution in [0.15, 0.2) is 41.1 Å². The van der Waals surface area contributed by atoms with Crippen LogP contribution >= 0.6 is 0 Å². The van der Waals surface area contributed by atoms with E-state index in [4.69, 9.17) is 4.52 Å². The fourth-order valence-corrected chi connectivity index (χ4v) is 1.86. The minimum absolute atomic E-state index is 0.0573. The lowest BCUT2D eigenvalue weighted by Gasteiger charge is -1.98. The summed E-state index contributed by atoms with van der Waals surface area (Å²) >= 11 is 0. The van der Waals surface area contributed by atoms with Crippen molar-refractivity contribution in [3.8, 4) is 28.7 Å². The first-order chi connectivity index (χ1) is 9.63. The molecule has 3 rings (SSSR count). The van der Waals surface area contributed by atoms with Crippen molar-refractivity contribution in [1.29, 1.82) is 0 Å². The fraction of sp³-hybridized carbons (Fsp3) is 0.0714. The Hall–Kier alpha value is -2.76. The van der Waals surface area contributed by atoms with Crippen LogP contribution in [0.25, 0.3) is 23.0 Å². The standard InChI is InChI=1S/C14H10FN3O2/c1-8-5-9(7-10(15)6-8)13-17-14(20-18-13)12-11(19)3-2-4-16-12/h2-7,19H,1H3. The molecule has 0 radical (unpaired) electrons. The second kappa shape index (κ2) is 4.73. The Balaban J connectivity index is 2.04. The fourth-order valence-electron chi connectivity index (χ4n) is 1.86. The monoisotopic (exact) mass is 271 g/mol. The Labute approximate surface area is 113 Å². The maximum absolute atomic E-state index is 13.4. The van der Waals surface area contributed by atoms with Gasteiger partial charge in [-0.1, -0.05) is 5.16 Å². The molecule has 0 aliphatic carbocycles. The molecule has 0 spiro atoms. The van der Waals surface area contributed by atoms with Crippen molar-refractivity contribution in [1.82, 2.24) is 15.1 Å². The topological polar surface area (TPSA) is 72.0 Å². The van der Waals surface area contributed by atoms with E-state index in [9.17, 15) is 9.50 Å². The van der Waals surface area contributed by atoms with Gasteiger partial charge in [0.05, 0.1) is 0 Å². The maximum Gasteiger partial charge on any atom is 0.280 e. The Morgan fingerprint density at radius 3 is 2.85 bits per heavy atom. The van der Waals surface area contributed by atoms with Gasteiger partial charge in [-0.3, -0.25) is 0 Å². The van der Waals surface area contributed by atoms with E-state index in [1.54, 1.807) is 19.1 Å². The van der Waals surface area contributed by atoms with E-state index in [0.717, 1.165) is 5.56 Å². The summed E-state index contributed by atoms with van der Waals surface area (Å²) in [6.45, 7) is 1.78. The molecule has 0 atom stereocenters. The van der Waals surface area contributed by atoms with Gasteiger partial charge >= 0.3 is 0 Å². The summed E-state index contributed by atoms with van der Waals surface area (Å²) in [4.78, 5) is 8.10. The van der Waals surface area contributed by atoms with Gasteiger partial charge < -0.3 is 9.63 Å². The number of pyridine rings is 1. The van der Waals surface area contributed by atoms with Crippen LogP contribution in [0, 0.1) is 12.7 Å². The third-order valence-corrected chi connectivity index (χ3v) is 2.72. The van der Waals surface area contributed by atoms with Gasteiger partial charge in [0, 0.05) is 11.8 Å². The van der Waals surface area contributed by atoms with Crippen molar-refractivity contribution < 1.29 is 14.0 Å². The zero-order chi connectivity index (χ0) is 14.1. The Morgan fingerprint density at radius 2 is 2.10 bits per heavy atom. The molecule has 0 amide bonds. The molecule has 0 aliphatic heterocycles. The van der Waals surface area contributed by atoms with Gasteiger partial charge in [-0.2, -0.15) is 4.98 Å². The van der Waals surface area contributed by atoms with Crippen molar-refractivity contribution in [2.45, 2.75) is 6.92 Å². The van der Waals surface area contributed by atoms with Gasteiger partial charge in [-0.25, -0.2) is 9.37 Å². The number of aromatic nitrogens is 3. The number of nitrogens with zero attached hydrogens (tertiary/aromatic N) is 3. The van der Waals surface area contributed by atoms with Crippen LogP contribution < -0.4 is 0 Å². The molecule has 2 heterocycles. The molecule has 0 fully saturated rings. The van der Waals surface area contributed by atoms with Crippen LogP contribution in [0.2, 0.25) is 0 Å². The normalized spacial score (nSPS) is 10.7. The number of benzene rings is 1. The number of aromatic hydroxyl groups is 1. The van der Waals surface area contributed by atoms with Gasteiger partial charge in [0.25, 0.3) is 5.89 Å². The van der Waals surface area contributed by atoms with Gasteiger partial charge in [-0.15, -0.1) is 0 Å². The molecule has 0 saturated heterocycles. The molecule has 20 heavy (non-hydrogen) atoms. The maximum atomic E-state index is 13.4. The van der Waals surface area contributed by atoms with Gasteiger partial charge in [-0.05, 0) is 42.8 Å². The lowest BCUT2D eigenvalue weighted by atomic mass is 10.1. The summed E-state index contributed by atoms with van der Waals surface area (Å²) in [6.07, 6.45) is 1.51. The van der Waals surface area contributed by atoms with Crippen molar-refractivity contribution >= 4 is 0 Å². The number of hydrogen-bond donors (Lipinski definition) is 1. The van der Waals surface area contributed by atoms with Crippen molar-refractivity contribution in [3.63, 3.8) is 0 Å². The minimum atomic E-state index is -0.368. The molecule has 2 aromatic heterocycles. The minimum Gasteiger partial charge on any atom is -0.505 e. The average Bonchev–Trinajstić information content (AvgIpc) is 2.87. The highest BCUT2D eigenvalue weighted by Crippen LogP contribution is 2.27. The van der Waals surface area contributed by atoms with E-state index >= 15 is 0 Å². The Bertz CT molecular complexity index is 750. The smallest absolute Gasteiger partial charge is 0.280 e. The molecule has 1 N–H and O–H groups in total. The highest BCUT2D eigenvalue weighted by atomic mass is 19.1. The first-order valence-electron chi connectivity index (χ1n) is 5.89. The van der Waals surface area contributed by atoms with Crippen LogP contribution in [0.4, 0.5) is 4.39 Å². The van der Waals surface area contributed by atoms with Gasteiger partial charge in [0.1, 0.15) is 11.6 Å². The number of hydrogen-bond acceptors (Lipinski definition) is 5. The zero-order valence-corrected chi connectivity index (χ0v) is 10.5. The van der Waals surface area contributed by atoms with E-state index in [1.807, 2.05) is 0 Å².